The van der Waals surface area contributed by atoms with Crippen LogP contribution in [0.4, 0.5) is 23.7 Å². The van der Waals surface area contributed by atoms with Crippen LogP contribution in [0.5, 0.6) is 5.75 Å². The summed E-state index contributed by atoms with van der Waals surface area (Å²) in [5.74, 6) is -0.630. The Bertz CT molecular complexity index is 364. The third-order valence-corrected chi connectivity index (χ3v) is 1.35. The molecule has 15 heavy (non-hydrogen) atoms. The maximum atomic E-state index is 11.8. The van der Waals surface area contributed by atoms with Gasteiger partial charge < -0.3 is 20.0 Å². The van der Waals surface area contributed by atoms with Crippen molar-refractivity contribution in [1.29, 1.82) is 0 Å². The first-order valence-corrected chi connectivity index (χ1v) is 3.71. The van der Waals surface area contributed by atoms with Crippen molar-refractivity contribution in [2.24, 2.45) is 0 Å². The Kier molecular flexibility index (Phi) is 3.03. The highest BCUT2D eigenvalue weighted by atomic mass is 19.4. The molecule has 4 nitrogen and oxygen atoms in total. The highest BCUT2D eigenvalue weighted by molar-refractivity contribution is 5.83. The van der Waals surface area contributed by atoms with Crippen LogP contribution >= 0.6 is 0 Å². The molecule has 1 aromatic rings. The van der Waals surface area contributed by atoms with Crippen molar-refractivity contribution in [1.82, 2.24) is 0 Å². The van der Waals surface area contributed by atoms with Crippen LogP contribution in [0.1, 0.15) is 0 Å². The lowest BCUT2D eigenvalue weighted by atomic mass is 10.3. The number of alkyl halides is 3. The Balaban J connectivity index is 2.91. The van der Waals surface area contributed by atoms with Crippen LogP contribution in [-0.4, -0.2) is 12.5 Å². The number of rotatable bonds is 2. The van der Waals surface area contributed by atoms with Crippen molar-refractivity contribution in [2.75, 3.05) is 5.32 Å². The van der Waals surface area contributed by atoms with E-state index in [0.29, 0.717) is 0 Å². The number of benzene rings is 1. The van der Waals surface area contributed by atoms with Gasteiger partial charge in [0.15, 0.2) is 5.75 Å². The molecule has 0 bridgehead atoms. The summed E-state index contributed by atoms with van der Waals surface area (Å²) in [6.45, 7) is 0. The lowest BCUT2D eigenvalue weighted by molar-refractivity contribution is -0.274. The molecule has 0 aliphatic rings. The minimum atomic E-state index is -4.87. The fourth-order valence-electron chi connectivity index (χ4n) is 0.894. The lowest BCUT2D eigenvalue weighted by Gasteiger charge is -2.14. The van der Waals surface area contributed by atoms with Crippen LogP contribution in [0, 0.1) is 0 Å². The predicted octanol–water partition coefficient (Wildman–Crippen LogP) is 1.34. The summed E-state index contributed by atoms with van der Waals surface area (Å²) in [7, 11) is 0. The SMILES string of the molecule is O=C([O-])Nc1ccccc1OC(F)(F)F. The molecule has 7 heteroatoms. The topological polar surface area (TPSA) is 61.4 Å². The summed E-state index contributed by atoms with van der Waals surface area (Å²) in [5, 5.41) is 11.8. The van der Waals surface area contributed by atoms with Gasteiger partial charge in [0.25, 0.3) is 0 Å². The number of hydrogen-bond acceptors (Lipinski definition) is 3. The Morgan fingerprint density at radius 1 is 1.33 bits per heavy atom. The first kappa shape index (κ1) is 11.2. The first-order valence-electron chi connectivity index (χ1n) is 3.71. The quantitative estimate of drug-likeness (QED) is 0.817. The molecule has 1 rings (SSSR count). The highest BCUT2D eigenvalue weighted by Gasteiger charge is 2.32. The summed E-state index contributed by atoms with van der Waals surface area (Å²) in [6.07, 6.45) is -6.59. The van der Waals surface area contributed by atoms with E-state index in [-0.39, 0.29) is 5.69 Å². The Morgan fingerprint density at radius 2 is 1.93 bits per heavy atom. The molecule has 1 amide bonds. The van der Waals surface area contributed by atoms with Crippen LogP contribution in [-0.2, 0) is 0 Å². The maximum Gasteiger partial charge on any atom is 0.573 e. The molecule has 0 radical (unpaired) electrons. The predicted molar refractivity (Wildman–Crippen MR) is 42.1 cm³/mol. The minimum Gasteiger partial charge on any atom is -0.530 e. The first-order chi connectivity index (χ1) is 6.88. The Morgan fingerprint density at radius 3 is 2.47 bits per heavy atom. The minimum absolute atomic E-state index is 0.324. The number of carboxylic acid groups (broad SMARTS) is 1. The van der Waals surface area contributed by atoms with Gasteiger partial charge in [-0.3, -0.25) is 0 Å². The molecule has 0 unspecified atom stereocenters. The molecule has 0 spiro atoms. The van der Waals surface area contributed by atoms with Crippen LogP contribution in [0.3, 0.4) is 0 Å². The number of amides is 1. The third kappa shape index (κ3) is 3.75. The van der Waals surface area contributed by atoms with Gasteiger partial charge in [0.2, 0.25) is 0 Å². The van der Waals surface area contributed by atoms with E-state index < -0.39 is 18.2 Å². The maximum absolute atomic E-state index is 11.8. The van der Waals surface area contributed by atoms with Gasteiger partial charge in [-0.2, -0.15) is 0 Å². The van der Waals surface area contributed by atoms with Gasteiger partial charge >= 0.3 is 6.36 Å². The standard InChI is InChI=1S/C8H6F3NO3/c9-8(10,11)15-6-4-2-1-3-5(6)12-7(13)14/h1-4,12H,(H,13,14)/p-1. The number of halogens is 3. The number of ether oxygens (including phenoxy) is 1. The molecule has 0 saturated carbocycles. The normalized spacial score (nSPS) is 10.9. The second-order valence-electron chi connectivity index (χ2n) is 2.46. The Labute approximate surface area is 82.3 Å². The Hall–Kier alpha value is -1.92. The third-order valence-electron chi connectivity index (χ3n) is 1.35. The molecule has 0 fully saturated rings. The summed E-state index contributed by atoms with van der Waals surface area (Å²) in [5.41, 5.74) is -0.324. The van der Waals surface area contributed by atoms with Gasteiger partial charge in [0.1, 0.15) is 6.09 Å². The molecule has 0 aliphatic carbocycles. The summed E-state index contributed by atoms with van der Waals surface area (Å²) in [6, 6.07) is 4.74. The zero-order valence-corrected chi connectivity index (χ0v) is 7.17. The lowest BCUT2D eigenvalue weighted by Crippen LogP contribution is -2.29. The van der Waals surface area contributed by atoms with E-state index in [9.17, 15) is 23.1 Å². The van der Waals surface area contributed by atoms with Crippen molar-refractivity contribution in [3.63, 3.8) is 0 Å². The molecular formula is C8H5F3NO3-. The number of carbonyl (C=O) groups is 1. The summed E-state index contributed by atoms with van der Waals surface area (Å²) < 4.78 is 39.1. The number of nitrogens with one attached hydrogen (secondary N) is 1. The van der Waals surface area contributed by atoms with Crippen LogP contribution < -0.4 is 15.2 Å². The van der Waals surface area contributed by atoms with Crippen LogP contribution in [0.25, 0.3) is 0 Å². The van der Waals surface area contributed by atoms with E-state index in [1.54, 1.807) is 5.32 Å². The smallest absolute Gasteiger partial charge is 0.530 e. The molecule has 82 valence electrons. The van der Waals surface area contributed by atoms with Gasteiger partial charge in [-0.1, -0.05) is 12.1 Å². The monoisotopic (exact) mass is 220 g/mol. The van der Waals surface area contributed by atoms with Gasteiger partial charge in [-0.25, -0.2) is 0 Å². The zero-order valence-electron chi connectivity index (χ0n) is 7.17. The number of anilines is 1. The van der Waals surface area contributed by atoms with E-state index in [1.807, 2.05) is 0 Å². The molecule has 0 atom stereocenters. The molecule has 0 heterocycles. The molecule has 0 saturated heterocycles. The second-order valence-corrected chi connectivity index (χ2v) is 2.46. The van der Waals surface area contributed by atoms with Crippen LogP contribution in [0.2, 0.25) is 0 Å². The number of para-hydroxylation sites is 2. The highest BCUT2D eigenvalue weighted by Crippen LogP contribution is 2.29. The number of hydrogen-bond donors (Lipinski definition) is 1. The largest absolute Gasteiger partial charge is 0.573 e. The van der Waals surface area contributed by atoms with Crippen molar-refractivity contribution in [2.45, 2.75) is 6.36 Å². The molecule has 0 aromatic heterocycles. The second kappa shape index (κ2) is 4.07. The molecular weight excluding hydrogens is 215 g/mol. The van der Waals surface area contributed by atoms with Gasteiger partial charge in [0, 0.05) is 0 Å². The zero-order chi connectivity index (χ0) is 11.5. The fraction of sp³-hybridized carbons (Fsp3) is 0.125. The molecule has 0 aliphatic heterocycles. The van der Waals surface area contributed by atoms with E-state index in [4.69, 9.17) is 0 Å². The van der Waals surface area contributed by atoms with Crippen molar-refractivity contribution in [3.05, 3.63) is 24.3 Å². The van der Waals surface area contributed by atoms with Gasteiger partial charge in [-0.15, -0.1) is 13.2 Å². The summed E-state index contributed by atoms with van der Waals surface area (Å²) in [4.78, 5) is 10.1. The van der Waals surface area contributed by atoms with Gasteiger partial charge in [0.05, 0.1) is 5.69 Å². The molecule has 1 N–H and O–H groups in total. The average molecular weight is 220 g/mol. The number of carbonyl (C=O) groups excluding carboxylic acids is 1. The van der Waals surface area contributed by atoms with Crippen LogP contribution in [0.15, 0.2) is 24.3 Å². The fourth-order valence-corrected chi connectivity index (χ4v) is 0.894. The van der Waals surface area contributed by atoms with Crippen molar-refractivity contribution in [3.8, 4) is 5.75 Å². The van der Waals surface area contributed by atoms with Crippen molar-refractivity contribution >= 4 is 11.8 Å². The van der Waals surface area contributed by atoms with E-state index in [2.05, 4.69) is 4.74 Å². The van der Waals surface area contributed by atoms with E-state index >= 15 is 0 Å². The van der Waals surface area contributed by atoms with E-state index in [0.717, 1.165) is 12.1 Å². The van der Waals surface area contributed by atoms with Crippen molar-refractivity contribution < 1.29 is 27.8 Å². The average Bonchev–Trinajstić information content (AvgIpc) is 2.05. The van der Waals surface area contributed by atoms with E-state index in [1.165, 1.54) is 12.1 Å². The molecule has 1 aromatic carbocycles. The summed E-state index contributed by atoms with van der Waals surface area (Å²) >= 11 is 0. The van der Waals surface area contributed by atoms with Gasteiger partial charge in [-0.05, 0) is 12.1 Å².